The number of rotatable bonds is 4. The predicted molar refractivity (Wildman–Crippen MR) is 90.6 cm³/mol. The van der Waals surface area contributed by atoms with Gasteiger partial charge in [-0.15, -0.1) is 0 Å². The first-order valence-corrected chi connectivity index (χ1v) is 9.29. The Balaban J connectivity index is 2.30. The van der Waals surface area contributed by atoms with Gasteiger partial charge in [0.05, 0.1) is 29.2 Å². The van der Waals surface area contributed by atoms with E-state index < -0.39 is 29.9 Å². The van der Waals surface area contributed by atoms with Gasteiger partial charge in [0.1, 0.15) is 12.0 Å². The number of benzene rings is 1. The zero-order chi connectivity index (χ0) is 19.1. The van der Waals surface area contributed by atoms with Gasteiger partial charge in [-0.25, -0.2) is 0 Å². The van der Waals surface area contributed by atoms with Crippen LogP contribution in [-0.4, -0.2) is 50.6 Å². The maximum absolute atomic E-state index is 12.0. The summed E-state index contributed by atoms with van der Waals surface area (Å²) in [5.41, 5.74) is -2.47. The normalized spacial score (nSPS) is 15.4. The van der Waals surface area contributed by atoms with Gasteiger partial charge < -0.3 is 24.4 Å². The standard InChI is InChI=1S/C13H15N4O8P/c18-12-13(19)16(7-26(22,23)24)9-6-11(17(20)21)10(5-8(9)14-12)15-1-3-25-4-2-15/h5-6H,1-4,7H2,(H,14,18)(H2,22,23,24). The van der Waals surface area contributed by atoms with E-state index in [9.17, 15) is 24.3 Å². The molecule has 0 atom stereocenters. The van der Waals surface area contributed by atoms with Crippen LogP contribution in [0.1, 0.15) is 0 Å². The van der Waals surface area contributed by atoms with Gasteiger partial charge in [-0.3, -0.25) is 28.8 Å². The number of morpholine rings is 1. The molecular formula is C13H15N4O8P. The molecule has 1 aromatic carbocycles. The molecule has 0 radical (unpaired) electrons. The van der Waals surface area contributed by atoms with E-state index in [4.69, 9.17) is 14.5 Å². The van der Waals surface area contributed by atoms with Gasteiger partial charge in [-0.1, -0.05) is 0 Å². The largest absolute Gasteiger partial charge is 0.378 e. The summed E-state index contributed by atoms with van der Waals surface area (Å²) in [6, 6.07) is 2.36. The summed E-state index contributed by atoms with van der Waals surface area (Å²) < 4.78 is 17.1. The van der Waals surface area contributed by atoms with Crippen molar-refractivity contribution in [3.05, 3.63) is 43.0 Å². The Morgan fingerprint density at radius 3 is 2.50 bits per heavy atom. The monoisotopic (exact) mass is 386 g/mol. The highest BCUT2D eigenvalue weighted by Gasteiger charge is 2.25. The molecule has 3 rings (SSSR count). The van der Waals surface area contributed by atoms with Crippen molar-refractivity contribution in [1.29, 1.82) is 0 Å². The Morgan fingerprint density at radius 1 is 1.27 bits per heavy atom. The molecule has 140 valence electrons. The van der Waals surface area contributed by atoms with E-state index in [-0.39, 0.29) is 22.4 Å². The van der Waals surface area contributed by atoms with Gasteiger partial charge in [0.15, 0.2) is 0 Å². The highest BCUT2D eigenvalue weighted by atomic mass is 31.2. The van der Waals surface area contributed by atoms with Gasteiger partial charge in [0.25, 0.3) is 5.69 Å². The van der Waals surface area contributed by atoms with Crippen LogP contribution in [-0.2, 0) is 15.6 Å². The average molecular weight is 386 g/mol. The van der Waals surface area contributed by atoms with Crippen molar-refractivity contribution in [2.45, 2.75) is 6.29 Å². The second-order valence-electron chi connectivity index (χ2n) is 5.71. The number of nitrogens with one attached hydrogen (secondary N) is 1. The van der Waals surface area contributed by atoms with E-state index in [0.29, 0.717) is 30.9 Å². The summed E-state index contributed by atoms with van der Waals surface area (Å²) >= 11 is 0. The molecule has 1 aliphatic heterocycles. The second-order valence-corrected chi connectivity index (χ2v) is 7.32. The van der Waals surface area contributed by atoms with Crippen molar-refractivity contribution in [3.63, 3.8) is 0 Å². The number of aromatic nitrogens is 2. The van der Waals surface area contributed by atoms with Gasteiger partial charge >= 0.3 is 18.7 Å². The first-order valence-electron chi connectivity index (χ1n) is 7.50. The fraction of sp³-hybridized carbons (Fsp3) is 0.385. The molecule has 1 aliphatic rings. The van der Waals surface area contributed by atoms with E-state index in [1.54, 1.807) is 4.90 Å². The lowest BCUT2D eigenvalue weighted by Crippen LogP contribution is -2.38. The second kappa shape index (κ2) is 6.65. The summed E-state index contributed by atoms with van der Waals surface area (Å²) in [6.07, 6.45) is -1.06. The predicted octanol–water partition coefficient (Wildman–Crippen LogP) is -0.430. The van der Waals surface area contributed by atoms with Crippen LogP contribution < -0.4 is 16.0 Å². The molecule has 0 saturated carbocycles. The number of nitro benzene ring substituents is 1. The van der Waals surface area contributed by atoms with Crippen molar-refractivity contribution in [2.24, 2.45) is 0 Å². The van der Waals surface area contributed by atoms with E-state index in [1.165, 1.54) is 6.07 Å². The number of nitro groups is 1. The minimum Gasteiger partial charge on any atom is -0.378 e. The van der Waals surface area contributed by atoms with Crippen LogP contribution in [0.4, 0.5) is 11.4 Å². The molecule has 1 saturated heterocycles. The van der Waals surface area contributed by atoms with Crippen LogP contribution in [0, 0.1) is 10.1 Å². The lowest BCUT2D eigenvalue weighted by molar-refractivity contribution is -0.384. The summed E-state index contributed by atoms with van der Waals surface area (Å²) in [5.74, 6) is 0. The molecule has 2 heterocycles. The topological polar surface area (TPSA) is 168 Å². The zero-order valence-corrected chi connectivity index (χ0v) is 14.2. The first kappa shape index (κ1) is 18.3. The third-order valence-electron chi connectivity index (χ3n) is 3.95. The van der Waals surface area contributed by atoms with Gasteiger partial charge in [-0.05, 0) is 6.07 Å². The molecule has 0 aliphatic carbocycles. The van der Waals surface area contributed by atoms with Crippen molar-refractivity contribution in [1.82, 2.24) is 9.55 Å². The molecule has 2 aromatic rings. The first-order chi connectivity index (χ1) is 12.2. The highest BCUT2D eigenvalue weighted by molar-refractivity contribution is 7.50. The van der Waals surface area contributed by atoms with Crippen LogP contribution in [0.5, 0.6) is 0 Å². The van der Waals surface area contributed by atoms with Crippen LogP contribution in [0.3, 0.4) is 0 Å². The Labute approximate surface area is 144 Å². The number of ether oxygens (including phenoxy) is 1. The van der Waals surface area contributed by atoms with Gasteiger partial charge in [0, 0.05) is 19.2 Å². The van der Waals surface area contributed by atoms with Crippen LogP contribution in [0.2, 0.25) is 0 Å². The zero-order valence-electron chi connectivity index (χ0n) is 13.3. The van der Waals surface area contributed by atoms with Crippen molar-refractivity contribution in [3.8, 4) is 0 Å². The number of anilines is 1. The van der Waals surface area contributed by atoms with E-state index in [0.717, 1.165) is 6.07 Å². The van der Waals surface area contributed by atoms with Gasteiger partial charge in [0.2, 0.25) is 0 Å². The molecule has 26 heavy (non-hydrogen) atoms. The van der Waals surface area contributed by atoms with Crippen LogP contribution in [0.15, 0.2) is 21.7 Å². The Kier molecular flexibility index (Phi) is 4.67. The molecule has 1 fully saturated rings. The molecule has 13 heteroatoms. The highest BCUT2D eigenvalue weighted by Crippen LogP contribution is 2.38. The van der Waals surface area contributed by atoms with Crippen molar-refractivity contribution < 1.29 is 24.0 Å². The Bertz CT molecular complexity index is 1030. The van der Waals surface area contributed by atoms with E-state index >= 15 is 0 Å². The quantitative estimate of drug-likeness (QED) is 0.273. The summed E-state index contributed by atoms with van der Waals surface area (Å²) in [6.45, 7) is 1.56. The lowest BCUT2D eigenvalue weighted by Gasteiger charge is -2.28. The molecule has 0 amide bonds. The number of H-pyrrole nitrogens is 1. The van der Waals surface area contributed by atoms with E-state index in [2.05, 4.69) is 4.98 Å². The number of nitrogens with zero attached hydrogens (tertiary/aromatic N) is 3. The van der Waals surface area contributed by atoms with Crippen LogP contribution in [0.25, 0.3) is 11.0 Å². The summed E-state index contributed by atoms with van der Waals surface area (Å²) in [5, 5.41) is 11.5. The minimum absolute atomic E-state index is 0.0649. The Morgan fingerprint density at radius 2 is 1.92 bits per heavy atom. The lowest BCUT2D eigenvalue weighted by atomic mass is 10.2. The number of hydrogen-bond acceptors (Lipinski definition) is 7. The van der Waals surface area contributed by atoms with Gasteiger partial charge in [-0.2, -0.15) is 0 Å². The average Bonchev–Trinajstić information content (AvgIpc) is 2.57. The Hall–Kier alpha value is -2.53. The fourth-order valence-electron chi connectivity index (χ4n) is 2.83. The molecule has 12 nitrogen and oxygen atoms in total. The number of hydrogen-bond donors (Lipinski definition) is 3. The van der Waals surface area contributed by atoms with Crippen LogP contribution >= 0.6 is 7.60 Å². The molecular weight excluding hydrogens is 371 g/mol. The third-order valence-corrected chi connectivity index (χ3v) is 4.60. The fourth-order valence-corrected chi connectivity index (χ4v) is 3.47. The SMILES string of the molecule is O=c1[nH]c2cc(N3CCOCC3)c([N+](=O)[O-])cc2n(CP(=O)(O)O)c1=O. The molecule has 0 spiro atoms. The molecule has 3 N–H and O–H groups in total. The summed E-state index contributed by atoms with van der Waals surface area (Å²) in [7, 11) is -4.70. The minimum atomic E-state index is -4.70. The third kappa shape index (κ3) is 3.53. The molecule has 0 unspecified atom stereocenters. The number of fused-ring (bicyclic) bond motifs is 1. The maximum atomic E-state index is 12.0. The van der Waals surface area contributed by atoms with E-state index in [1.807, 2.05) is 0 Å². The molecule has 1 aromatic heterocycles. The smallest absolute Gasteiger partial charge is 0.345 e. The molecule has 0 bridgehead atoms. The summed E-state index contributed by atoms with van der Waals surface area (Å²) in [4.78, 5) is 57.0. The van der Waals surface area contributed by atoms with Crippen molar-refractivity contribution in [2.75, 3.05) is 31.2 Å². The maximum Gasteiger partial charge on any atom is 0.345 e. The van der Waals surface area contributed by atoms with Crippen molar-refractivity contribution >= 4 is 30.0 Å². The number of aromatic amines is 1.